The summed E-state index contributed by atoms with van der Waals surface area (Å²) in [7, 11) is 0. The molecule has 16 heavy (non-hydrogen) atoms. The zero-order valence-corrected chi connectivity index (χ0v) is 10.2. The molecule has 2 unspecified atom stereocenters. The van der Waals surface area contributed by atoms with E-state index in [0.717, 1.165) is 32.3 Å². The largest absolute Gasteiger partial charge is 0.392 e. The highest BCUT2D eigenvalue weighted by Gasteiger charge is 2.29. The lowest BCUT2D eigenvalue weighted by Gasteiger charge is -2.14. The number of ether oxygens (including phenoxy) is 1. The second-order valence-electron chi connectivity index (χ2n) is 4.65. The Morgan fingerprint density at radius 2 is 2.06 bits per heavy atom. The van der Waals surface area contributed by atoms with Crippen molar-refractivity contribution >= 4 is 0 Å². The van der Waals surface area contributed by atoms with E-state index >= 15 is 0 Å². The normalized spacial score (nSPS) is 19.7. The van der Waals surface area contributed by atoms with Crippen LogP contribution >= 0.6 is 0 Å². The molecule has 0 aliphatic heterocycles. The Bertz CT molecular complexity index is 174. The highest BCUT2D eigenvalue weighted by molar-refractivity contribution is 4.82. The fraction of sp³-hybridized carbons (Fsp3) is 1.00. The Morgan fingerprint density at radius 3 is 2.69 bits per heavy atom. The molecule has 1 rings (SSSR count). The van der Waals surface area contributed by atoms with E-state index in [1.807, 2.05) is 0 Å². The predicted octanol–water partition coefficient (Wildman–Crippen LogP) is 0.524. The van der Waals surface area contributed by atoms with Gasteiger partial charge in [0.25, 0.3) is 0 Å². The van der Waals surface area contributed by atoms with Crippen LogP contribution in [0, 0.1) is 5.92 Å². The number of nitrogens with one attached hydrogen (secondary N) is 1. The molecule has 3 N–H and O–H groups in total. The zero-order chi connectivity index (χ0) is 11.8. The lowest BCUT2D eigenvalue weighted by Crippen LogP contribution is -2.36. The van der Waals surface area contributed by atoms with E-state index in [1.54, 1.807) is 0 Å². The number of aliphatic hydroxyl groups is 2. The first-order valence-corrected chi connectivity index (χ1v) is 6.38. The Hall–Kier alpha value is -0.160. The van der Waals surface area contributed by atoms with E-state index < -0.39 is 6.10 Å². The topological polar surface area (TPSA) is 61.7 Å². The number of rotatable bonds is 10. The van der Waals surface area contributed by atoms with E-state index in [1.165, 1.54) is 0 Å². The van der Waals surface area contributed by atoms with Gasteiger partial charge in [-0.1, -0.05) is 13.3 Å². The van der Waals surface area contributed by atoms with Crippen molar-refractivity contribution in [3.63, 3.8) is 0 Å². The highest BCUT2D eigenvalue weighted by atomic mass is 16.5. The van der Waals surface area contributed by atoms with Gasteiger partial charge >= 0.3 is 0 Å². The fourth-order valence-corrected chi connectivity index (χ4v) is 1.57. The molecule has 0 amide bonds. The van der Waals surface area contributed by atoms with Crippen molar-refractivity contribution in [2.75, 3.05) is 26.3 Å². The maximum Gasteiger partial charge on any atom is 0.0897 e. The second kappa shape index (κ2) is 8.01. The molecule has 0 aromatic carbocycles. The van der Waals surface area contributed by atoms with Crippen LogP contribution in [-0.4, -0.2) is 48.7 Å². The van der Waals surface area contributed by atoms with Crippen LogP contribution in [0.2, 0.25) is 0 Å². The lowest BCUT2D eigenvalue weighted by molar-refractivity contribution is 0.0338. The van der Waals surface area contributed by atoms with Gasteiger partial charge in [0.05, 0.1) is 18.8 Å². The Kier molecular flexibility index (Phi) is 6.96. The molecule has 1 fully saturated rings. The summed E-state index contributed by atoms with van der Waals surface area (Å²) in [5, 5.41) is 22.2. The van der Waals surface area contributed by atoms with Crippen LogP contribution in [0.4, 0.5) is 0 Å². The molecule has 2 atom stereocenters. The second-order valence-corrected chi connectivity index (χ2v) is 4.65. The molecule has 0 bridgehead atoms. The van der Waals surface area contributed by atoms with E-state index in [0.29, 0.717) is 25.6 Å². The number of hydrogen-bond acceptors (Lipinski definition) is 4. The Labute approximate surface area is 98.0 Å². The molecule has 0 aromatic heterocycles. The minimum Gasteiger partial charge on any atom is -0.392 e. The monoisotopic (exact) mass is 231 g/mol. The maximum absolute atomic E-state index is 9.57. The molecule has 4 heteroatoms. The summed E-state index contributed by atoms with van der Waals surface area (Å²) in [5.41, 5.74) is 0. The molecule has 4 nitrogen and oxygen atoms in total. The average Bonchev–Trinajstić information content (AvgIpc) is 3.08. The van der Waals surface area contributed by atoms with E-state index in [-0.39, 0.29) is 6.10 Å². The van der Waals surface area contributed by atoms with Crippen molar-refractivity contribution in [1.82, 2.24) is 5.32 Å². The first-order valence-electron chi connectivity index (χ1n) is 6.38. The van der Waals surface area contributed by atoms with Crippen LogP contribution in [-0.2, 0) is 4.74 Å². The van der Waals surface area contributed by atoms with Crippen LogP contribution in [0.25, 0.3) is 0 Å². The summed E-state index contributed by atoms with van der Waals surface area (Å²) in [4.78, 5) is 0. The molecule has 0 saturated heterocycles. The van der Waals surface area contributed by atoms with Gasteiger partial charge in [-0.05, 0) is 25.2 Å². The van der Waals surface area contributed by atoms with Crippen LogP contribution in [0.5, 0.6) is 0 Å². The smallest absolute Gasteiger partial charge is 0.0897 e. The van der Waals surface area contributed by atoms with Crippen molar-refractivity contribution in [2.24, 2.45) is 5.92 Å². The highest BCUT2D eigenvalue weighted by Crippen LogP contribution is 2.32. The first kappa shape index (κ1) is 13.9. The molecular formula is C12H25NO3. The zero-order valence-electron chi connectivity index (χ0n) is 10.2. The molecule has 0 spiro atoms. The van der Waals surface area contributed by atoms with Gasteiger partial charge in [0.1, 0.15) is 0 Å². The third-order valence-corrected chi connectivity index (χ3v) is 2.85. The molecule has 0 radical (unpaired) electrons. The van der Waals surface area contributed by atoms with Gasteiger partial charge in [-0.25, -0.2) is 0 Å². The first-order chi connectivity index (χ1) is 7.74. The van der Waals surface area contributed by atoms with Gasteiger partial charge in [-0.3, -0.25) is 0 Å². The Morgan fingerprint density at radius 1 is 1.31 bits per heavy atom. The summed E-state index contributed by atoms with van der Waals surface area (Å²) in [6.45, 7) is 4.29. The summed E-state index contributed by atoms with van der Waals surface area (Å²) in [6.07, 6.45) is 3.73. The standard InChI is InChI=1S/C12H25NO3/c1-2-3-6-16-9-11(14)7-13-8-12(15)10-4-5-10/h10-15H,2-9H2,1H3. The van der Waals surface area contributed by atoms with E-state index in [4.69, 9.17) is 4.74 Å². The number of hydrogen-bond donors (Lipinski definition) is 3. The molecular weight excluding hydrogens is 206 g/mol. The van der Waals surface area contributed by atoms with Crippen molar-refractivity contribution in [1.29, 1.82) is 0 Å². The molecule has 0 aromatic rings. The molecule has 1 saturated carbocycles. The van der Waals surface area contributed by atoms with Gasteiger partial charge in [0.2, 0.25) is 0 Å². The average molecular weight is 231 g/mol. The van der Waals surface area contributed by atoms with Gasteiger partial charge in [-0.2, -0.15) is 0 Å². The van der Waals surface area contributed by atoms with Crippen LogP contribution in [0.1, 0.15) is 32.6 Å². The lowest BCUT2D eigenvalue weighted by atomic mass is 10.2. The van der Waals surface area contributed by atoms with E-state index in [2.05, 4.69) is 12.2 Å². The molecule has 0 heterocycles. The predicted molar refractivity (Wildman–Crippen MR) is 63.3 cm³/mol. The van der Waals surface area contributed by atoms with Crippen molar-refractivity contribution < 1.29 is 14.9 Å². The van der Waals surface area contributed by atoms with Gasteiger partial charge in [-0.15, -0.1) is 0 Å². The minimum absolute atomic E-state index is 0.242. The van der Waals surface area contributed by atoms with Gasteiger partial charge < -0.3 is 20.3 Å². The van der Waals surface area contributed by atoms with Gasteiger partial charge in [0, 0.05) is 19.7 Å². The van der Waals surface area contributed by atoms with Crippen molar-refractivity contribution in [3.8, 4) is 0 Å². The van der Waals surface area contributed by atoms with Crippen molar-refractivity contribution in [2.45, 2.75) is 44.8 Å². The number of unbranched alkanes of at least 4 members (excludes halogenated alkanes) is 1. The van der Waals surface area contributed by atoms with Crippen LogP contribution in [0.15, 0.2) is 0 Å². The Balaban J connectivity index is 1.87. The van der Waals surface area contributed by atoms with Crippen LogP contribution < -0.4 is 5.32 Å². The SMILES string of the molecule is CCCCOCC(O)CNCC(O)C1CC1. The van der Waals surface area contributed by atoms with E-state index in [9.17, 15) is 10.2 Å². The molecule has 1 aliphatic rings. The minimum atomic E-state index is -0.469. The third-order valence-electron chi connectivity index (χ3n) is 2.85. The molecule has 1 aliphatic carbocycles. The summed E-state index contributed by atoms with van der Waals surface area (Å²) in [6, 6.07) is 0. The molecule has 96 valence electrons. The quantitative estimate of drug-likeness (QED) is 0.480. The number of aliphatic hydroxyl groups excluding tert-OH is 2. The fourth-order valence-electron chi connectivity index (χ4n) is 1.57. The summed E-state index contributed by atoms with van der Waals surface area (Å²) < 4.78 is 5.30. The van der Waals surface area contributed by atoms with Crippen molar-refractivity contribution in [3.05, 3.63) is 0 Å². The van der Waals surface area contributed by atoms with Crippen LogP contribution in [0.3, 0.4) is 0 Å². The summed E-state index contributed by atoms with van der Waals surface area (Å²) >= 11 is 0. The summed E-state index contributed by atoms with van der Waals surface area (Å²) in [5.74, 6) is 0.491. The third kappa shape index (κ3) is 6.43. The van der Waals surface area contributed by atoms with Gasteiger partial charge in [0.15, 0.2) is 0 Å². The maximum atomic E-state index is 9.57.